The van der Waals surface area contributed by atoms with Crippen molar-refractivity contribution in [2.45, 2.75) is 13.0 Å². The van der Waals surface area contributed by atoms with Crippen molar-refractivity contribution in [2.24, 2.45) is 0 Å². The summed E-state index contributed by atoms with van der Waals surface area (Å²) in [4.78, 5) is 18.0. The molecule has 7 heteroatoms. The molecule has 0 atom stereocenters. The van der Waals surface area contributed by atoms with E-state index < -0.39 is 0 Å². The van der Waals surface area contributed by atoms with Gasteiger partial charge in [-0.3, -0.25) is 15.0 Å². The number of nitrogens with one attached hydrogen (secondary N) is 1. The normalized spacial score (nSPS) is 15.8. The Kier molecular flexibility index (Phi) is 4.64. The number of aromatic nitrogens is 2. The van der Waals surface area contributed by atoms with E-state index in [0.717, 1.165) is 61.7 Å². The lowest BCUT2D eigenvalue weighted by Crippen LogP contribution is -2.28. The van der Waals surface area contributed by atoms with Gasteiger partial charge in [-0.1, -0.05) is 18.2 Å². The Morgan fingerprint density at radius 2 is 2.08 bits per heavy atom. The number of benzene rings is 1. The minimum absolute atomic E-state index is 0.0875. The number of nitro benzene ring substituents is 1. The van der Waals surface area contributed by atoms with Crippen LogP contribution in [-0.4, -0.2) is 45.4 Å². The first kappa shape index (κ1) is 16.7. The van der Waals surface area contributed by atoms with E-state index >= 15 is 0 Å². The van der Waals surface area contributed by atoms with Crippen LogP contribution in [0.2, 0.25) is 0 Å². The van der Waals surface area contributed by atoms with Crippen LogP contribution in [0, 0.1) is 10.1 Å². The summed E-state index contributed by atoms with van der Waals surface area (Å²) < 4.78 is 2.09. The first-order valence-corrected chi connectivity index (χ1v) is 8.86. The fourth-order valence-electron chi connectivity index (χ4n) is 3.47. The summed E-state index contributed by atoms with van der Waals surface area (Å²) in [6.45, 7) is 4.80. The molecule has 0 unspecified atom stereocenters. The predicted molar refractivity (Wildman–Crippen MR) is 100 cm³/mol. The third kappa shape index (κ3) is 3.31. The fraction of sp³-hybridized carbons (Fsp3) is 0.316. The van der Waals surface area contributed by atoms with Crippen molar-refractivity contribution >= 4 is 11.3 Å². The predicted octanol–water partition coefficient (Wildman–Crippen LogP) is 2.70. The molecule has 134 valence electrons. The molecule has 4 rings (SSSR count). The van der Waals surface area contributed by atoms with Crippen molar-refractivity contribution in [2.75, 3.05) is 26.2 Å². The van der Waals surface area contributed by atoms with Gasteiger partial charge in [0.1, 0.15) is 5.65 Å². The minimum Gasteiger partial charge on any atom is -0.315 e. The van der Waals surface area contributed by atoms with Gasteiger partial charge >= 0.3 is 0 Å². The minimum atomic E-state index is -0.362. The smallest absolute Gasteiger partial charge is 0.270 e. The van der Waals surface area contributed by atoms with Gasteiger partial charge in [0, 0.05) is 43.5 Å². The van der Waals surface area contributed by atoms with E-state index in [1.807, 2.05) is 30.5 Å². The van der Waals surface area contributed by atoms with Crippen LogP contribution >= 0.6 is 0 Å². The van der Waals surface area contributed by atoms with Crippen molar-refractivity contribution in [3.63, 3.8) is 0 Å². The Labute approximate surface area is 151 Å². The molecule has 1 aromatic carbocycles. The van der Waals surface area contributed by atoms with Crippen molar-refractivity contribution in [3.8, 4) is 11.3 Å². The van der Waals surface area contributed by atoms with Crippen molar-refractivity contribution in [3.05, 3.63) is 64.5 Å². The number of rotatable bonds is 4. The molecule has 0 spiro atoms. The maximum absolute atomic E-state index is 11.2. The molecule has 2 aromatic heterocycles. The van der Waals surface area contributed by atoms with E-state index in [0.29, 0.717) is 0 Å². The number of non-ortho nitro benzene ring substituents is 1. The number of nitrogens with zero attached hydrogens (tertiary/aromatic N) is 4. The van der Waals surface area contributed by atoms with E-state index in [2.05, 4.69) is 14.6 Å². The van der Waals surface area contributed by atoms with Crippen LogP contribution in [0.1, 0.15) is 12.1 Å². The molecule has 0 aliphatic carbocycles. The molecule has 0 bridgehead atoms. The molecule has 3 heterocycles. The first-order chi connectivity index (χ1) is 12.7. The Balaban J connectivity index is 1.78. The highest BCUT2D eigenvalue weighted by atomic mass is 16.6. The largest absolute Gasteiger partial charge is 0.315 e. The number of hydrogen-bond donors (Lipinski definition) is 1. The first-order valence-electron chi connectivity index (χ1n) is 8.86. The van der Waals surface area contributed by atoms with Gasteiger partial charge in [-0.05, 0) is 31.6 Å². The van der Waals surface area contributed by atoms with Gasteiger partial charge in [0.25, 0.3) is 5.69 Å². The molecule has 26 heavy (non-hydrogen) atoms. The summed E-state index contributed by atoms with van der Waals surface area (Å²) in [5, 5.41) is 14.6. The summed E-state index contributed by atoms with van der Waals surface area (Å²) in [7, 11) is 0. The molecule has 3 aromatic rings. The maximum atomic E-state index is 11.2. The lowest BCUT2D eigenvalue weighted by molar-refractivity contribution is -0.384. The van der Waals surface area contributed by atoms with E-state index in [9.17, 15) is 10.1 Å². The SMILES string of the molecule is O=[N+]([O-])c1cccc(-c2nc3ccccn3c2CN2CCCNCC2)c1. The van der Waals surface area contributed by atoms with Gasteiger partial charge in [-0.2, -0.15) is 0 Å². The lowest BCUT2D eigenvalue weighted by atomic mass is 10.1. The summed E-state index contributed by atoms with van der Waals surface area (Å²) in [5.74, 6) is 0. The van der Waals surface area contributed by atoms with Crippen molar-refractivity contribution in [1.82, 2.24) is 19.6 Å². The van der Waals surface area contributed by atoms with E-state index in [-0.39, 0.29) is 10.6 Å². The van der Waals surface area contributed by atoms with E-state index in [4.69, 9.17) is 4.98 Å². The average Bonchev–Trinajstić information content (AvgIpc) is 2.83. The molecule has 1 aliphatic heterocycles. The van der Waals surface area contributed by atoms with E-state index in [1.165, 1.54) is 6.07 Å². The van der Waals surface area contributed by atoms with Gasteiger partial charge in [-0.15, -0.1) is 0 Å². The standard InChI is InChI=1S/C19H21N5O2/c25-24(26)16-6-3-5-15(13-16)19-17(14-22-10-4-8-20-9-12-22)23-11-2-1-7-18(23)21-19/h1-3,5-7,11,13,20H,4,8-10,12,14H2. The number of nitro groups is 1. The van der Waals surface area contributed by atoms with Crippen LogP contribution in [0.3, 0.4) is 0 Å². The summed E-state index contributed by atoms with van der Waals surface area (Å²) >= 11 is 0. The monoisotopic (exact) mass is 351 g/mol. The molecule has 7 nitrogen and oxygen atoms in total. The highest BCUT2D eigenvalue weighted by Crippen LogP contribution is 2.28. The van der Waals surface area contributed by atoms with Crippen LogP contribution in [0.15, 0.2) is 48.7 Å². The zero-order chi connectivity index (χ0) is 17.9. The van der Waals surface area contributed by atoms with Crippen LogP contribution in [0.5, 0.6) is 0 Å². The van der Waals surface area contributed by atoms with Crippen LogP contribution in [0.4, 0.5) is 5.69 Å². The van der Waals surface area contributed by atoms with Crippen LogP contribution in [0.25, 0.3) is 16.9 Å². The molecular weight excluding hydrogens is 330 g/mol. The third-order valence-electron chi connectivity index (χ3n) is 4.77. The zero-order valence-corrected chi connectivity index (χ0v) is 14.5. The molecule has 0 amide bonds. The molecule has 1 saturated heterocycles. The molecule has 0 radical (unpaired) electrons. The second-order valence-corrected chi connectivity index (χ2v) is 6.52. The van der Waals surface area contributed by atoms with Gasteiger partial charge in [-0.25, -0.2) is 4.98 Å². The Morgan fingerprint density at radius 3 is 2.96 bits per heavy atom. The number of pyridine rings is 1. The zero-order valence-electron chi connectivity index (χ0n) is 14.5. The van der Waals surface area contributed by atoms with Crippen LogP contribution < -0.4 is 5.32 Å². The number of fused-ring (bicyclic) bond motifs is 1. The topological polar surface area (TPSA) is 75.7 Å². The highest BCUT2D eigenvalue weighted by Gasteiger charge is 2.19. The second-order valence-electron chi connectivity index (χ2n) is 6.52. The fourth-order valence-corrected chi connectivity index (χ4v) is 3.47. The van der Waals surface area contributed by atoms with Gasteiger partial charge in [0.2, 0.25) is 0 Å². The number of imidazole rings is 1. The van der Waals surface area contributed by atoms with Crippen molar-refractivity contribution in [1.29, 1.82) is 0 Å². The van der Waals surface area contributed by atoms with Gasteiger partial charge in [0.05, 0.1) is 16.3 Å². The Morgan fingerprint density at radius 1 is 1.15 bits per heavy atom. The summed E-state index contributed by atoms with van der Waals surface area (Å²) in [5.41, 5.74) is 3.62. The molecule has 1 fully saturated rings. The third-order valence-corrected chi connectivity index (χ3v) is 4.77. The summed E-state index contributed by atoms with van der Waals surface area (Å²) in [6.07, 6.45) is 3.12. The van der Waals surface area contributed by atoms with E-state index in [1.54, 1.807) is 12.1 Å². The quantitative estimate of drug-likeness (QED) is 0.578. The number of hydrogen-bond acceptors (Lipinski definition) is 5. The second kappa shape index (κ2) is 7.23. The highest BCUT2D eigenvalue weighted by molar-refractivity contribution is 5.68. The molecule has 1 N–H and O–H groups in total. The van der Waals surface area contributed by atoms with Crippen molar-refractivity contribution < 1.29 is 4.92 Å². The summed E-state index contributed by atoms with van der Waals surface area (Å²) in [6, 6.07) is 12.6. The van der Waals surface area contributed by atoms with Crippen LogP contribution in [-0.2, 0) is 6.54 Å². The van der Waals surface area contributed by atoms with Gasteiger partial charge in [0.15, 0.2) is 0 Å². The maximum Gasteiger partial charge on any atom is 0.270 e. The lowest BCUT2D eigenvalue weighted by Gasteiger charge is -2.20. The molecule has 1 aliphatic rings. The Bertz CT molecular complexity index is 929. The molecule has 0 saturated carbocycles. The van der Waals surface area contributed by atoms with Gasteiger partial charge < -0.3 is 9.72 Å². The molecular formula is C19H21N5O2. The average molecular weight is 351 g/mol. The Hall–Kier alpha value is -2.77.